The summed E-state index contributed by atoms with van der Waals surface area (Å²) in [5.41, 5.74) is 0.313. The van der Waals surface area contributed by atoms with Crippen LogP contribution in [0.15, 0.2) is 23.1 Å². The fourth-order valence-corrected chi connectivity index (χ4v) is 4.00. The number of rotatable bonds is 8. The fourth-order valence-electron chi connectivity index (χ4n) is 2.46. The molecule has 134 valence electrons. The van der Waals surface area contributed by atoms with Crippen molar-refractivity contribution in [1.29, 1.82) is 0 Å². The average Bonchev–Trinajstić information content (AvgIpc) is 3.05. The highest BCUT2D eigenvalue weighted by Crippen LogP contribution is 2.24. The molecule has 0 spiro atoms. The van der Waals surface area contributed by atoms with E-state index in [4.69, 9.17) is 9.84 Å². The highest BCUT2D eigenvalue weighted by molar-refractivity contribution is 7.89. The number of aromatic carboxylic acids is 1. The Morgan fingerprint density at radius 3 is 2.79 bits per heavy atom. The minimum atomic E-state index is -3.82. The molecule has 1 heterocycles. The molecule has 0 unspecified atom stereocenters. The Kier molecular flexibility index (Phi) is 6.20. The number of carbonyl (C=O) groups is 1. The third-order valence-corrected chi connectivity index (χ3v) is 5.66. The van der Waals surface area contributed by atoms with Gasteiger partial charge in [0.05, 0.1) is 17.4 Å². The van der Waals surface area contributed by atoms with Crippen LogP contribution in [0.5, 0.6) is 0 Å². The zero-order chi connectivity index (χ0) is 17.7. The van der Waals surface area contributed by atoms with E-state index in [1.807, 2.05) is 6.92 Å². The lowest BCUT2D eigenvalue weighted by Crippen LogP contribution is -2.33. The van der Waals surface area contributed by atoms with Crippen molar-refractivity contribution in [3.8, 4) is 0 Å². The summed E-state index contributed by atoms with van der Waals surface area (Å²) in [6.45, 7) is 4.83. The number of nitrogens with one attached hydrogen (secondary N) is 2. The highest BCUT2D eigenvalue weighted by Gasteiger charge is 2.23. The van der Waals surface area contributed by atoms with E-state index in [1.165, 1.54) is 18.2 Å². The first-order valence-corrected chi connectivity index (χ1v) is 9.57. The molecule has 0 aliphatic carbocycles. The van der Waals surface area contributed by atoms with Crippen molar-refractivity contribution >= 4 is 21.7 Å². The molecule has 0 saturated carbocycles. The minimum absolute atomic E-state index is 0.0437. The SMILES string of the molecule is CC[C@H](C)NS(=O)(=O)c1cc(C(=O)O)ccc1NC[C@H]1CCCO1. The standard InChI is InChI=1S/C16H24N2O5S/c1-3-11(2)18-24(21,22)15-9-12(16(19)20)6-7-14(15)17-10-13-5-4-8-23-13/h6-7,9,11,13,17-18H,3-5,8,10H2,1-2H3,(H,19,20)/t11-,13+/m0/s1. The summed E-state index contributed by atoms with van der Waals surface area (Å²) in [6.07, 6.45) is 2.59. The van der Waals surface area contributed by atoms with Crippen molar-refractivity contribution in [2.75, 3.05) is 18.5 Å². The zero-order valence-electron chi connectivity index (χ0n) is 13.9. The first-order chi connectivity index (χ1) is 11.3. The monoisotopic (exact) mass is 356 g/mol. The van der Waals surface area contributed by atoms with Crippen molar-refractivity contribution in [2.45, 2.75) is 50.2 Å². The maximum Gasteiger partial charge on any atom is 0.335 e. The molecule has 0 bridgehead atoms. The lowest BCUT2D eigenvalue weighted by molar-refractivity contribution is 0.0696. The predicted octanol–water partition coefficient (Wildman–Crippen LogP) is 2.05. The van der Waals surface area contributed by atoms with Gasteiger partial charge in [0, 0.05) is 19.2 Å². The first-order valence-electron chi connectivity index (χ1n) is 8.08. The Morgan fingerprint density at radius 1 is 1.46 bits per heavy atom. The van der Waals surface area contributed by atoms with Crippen molar-refractivity contribution in [1.82, 2.24) is 4.72 Å². The van der Waals surface area contributed by atoms with E-state index in [0.717, 1.165) is 12.8 Å². The zero-order valence-corrected chi connectivity index (χ0v) is 14.7. The number of sulfonamides is 1. The third-order valence-electron chi connectivity index (χ3n) is 4.03. The van der Waals surface area contributed by atoms with Crippen molar-refractivity contribution in [3.63, 3.8) is 0 Å². The van der Waals surface area contributed by atoms with Gasteiger partial charge in [-0.2, -0.15) is 0 Å². The van der Waals surface area contributed by atoms with Crippen LogP contribution in [0.2, 0.25) is 0 Å². The van der Waals surface area contributed by atoms with Crippen LogP contribution >= 0.6 is 0 Å². The Balaban J connectivity index is 2.29. The van der Waals surface area contributed by atoms with Crippen LogP contribution in [-0.4, -0.2) is 44.8 Å². The summed E-state index contributed by atoms with van der Waals surface area (Å²) < 4.78 is 33.3. The van der Waals surface area contributed by atoms with Crippen LogP contribution in [0.3, 0.4) is 0 Å². The van der Waals surface area contributed by atoms with Gasteiger partial charge in [0.25, 0.3) is 0 Å². The Hall–Kier alpha value is -1.64. The summed E-state index contributed by atoms with van der Waals surface area (Å²) in [6, 6.07) is 3.83. The molecule has 3 N–H and O–H groups in total. The molecule has 0 amide bonds. The third kappa shape index (κ3) is 4.68. The van der Waals surface area contributed by atoms with E-state index in [-0.39, 0.29) is 22.6 Å². The maximum atomic E-state index is 12.6. The predicted molar refractivity (Wildman–Crippen MR) is 90.9 cm³/mol. The maximum absolute atomic E-state index is 12.6. The van der Waals surface area contributed by atoms with E-state index in [2.05, 4.69) is 10.0 Å². The summed E-state index contributed by atoms with van der Waals surface area (Å²) in [4.78, 5) is 11.1. The molecule has 1 aliphatic rings. The molecule has 24 heavy (non-hydrogen) atoms. The van der Waals surface area contributed by atoms with Gasteiger partial charge in [-0.1, -0.05) is 6.92 Å². The van der Waals surface area contributed by atoms with Crippen LogP contribution in [0.25, 0.3) is 0 Å². The van der Waals surface area contributed by atoms with Crippen molar-refractivity contribution < 1.29 is 23.1 Å². The fraction of sp³-hybridized carbons (Fsp3) is 0.562. The second-order valence-corrected chi connectivity index (χ2v) is 7.65. The summed E-state index contributed by atoms with van der Waals surface area (Å²) in [7, 11) is -3.82. The molecule has 1 aliphatic heterocycles. The molecule has 1 fully saturated rings. The van der Waals surface area contributed by atoms with Crippen LogP contribution in [0, 0.1) is 0 Å². The van der Waals surface area contributed by atoms with Crippen LogP contribution in [-0.2, 0) is 14.8 Å². The molecule has 8 heteroatoms. The van der Waals surface area contributed by atoms with Gasteiger partial charge in [0.1, 0.15) is 4.90 Å². The Morgan fingerprint density at radius 2 is 2.21 bits per heavy atom. The summed E-state index contributed by atoms with van der Waals surface area (Å²) in [5.74, 6) is -1.17. The molecule has 1 aromatic rings. The second-order valence-electron chi connectivity index (χ2n) is 5.96. The molecule has 7 nitrogen and oxygen atoms in total. The molecule has 2 atom stereocenters. The number of benzene rings is 1. The topological polar surface area (TPSA) is 105 Å². The van der Waals surface area contributed by atoms with Gasteiger partial charge in [0.15, 0.2) is 0 Å². The summed E-state index contributed by atoms with van der Waals surface area (Å²) >= 11 is 0. The van der Waals surface area contributed by atoms with Crippen LogP contribution in [0.1, 0.15) is 43.5 Å². The van der Waals surface area contributed by atoms with Gasteiger partial charge in [0.2, 0.25) is 10.0 Å². The number of ether oxygens (including phenoxy) is 1. The van der Waals surface area contributed by atoms with Gasteiger partial charge < -0.3 is 15.2 Å². The molecule has 0 aromatic heterocycles. The number of hydrogen-bond acceptors (Lipinski definition) is 5. The molecule has 1 aromatic carbocycles. The molecular weight excluding hydrogens is 332 g/mol. The van der Waals surface area contributed by atoms with Gasteiger partial charge in [-0.15, -0.1) is 0 Å². The van der Waals surface area contributed by atoms with E-state index in [9.17, 15) is 13.2 Å². The highest BCUT2D eigenvalue weighted by atomic mass is 32.2. The minimum Gasteiger partial charge on any atom is -0.478 e. The van der Waals surface area contributed by atoms with E-state index < -0.39 is 16.0 Å². The number of hydrogen-bond donors (Lipinski definition) is 3. The number of carboxylic acids is 1. The van der Waals surface area contributed by atoms with E-state index in [1.54, 1.807) is 6.92 Å². The summed E-state index contributed by atoms with van der Waals surface area (Å²) in [5, 5.41) is 12.2. The number of anilines is 1. The lowest BCUT2D eigenvalue weighted by Gasteiger charge is -2.18. The van der Waals surface area contributed by atoms with Gasteiger partial charge in [-0.3, -0.25) is 0 Å². The Bertz CT molecular complexity index is 684. The molecular formula is C16H24N2O5S. The molecule has 2 rings (SSSR count). The van der Waals surface area contributed by atoms with Gasteiger partial charge in [-0.05, 0) is 44.4 Å². The van der Waals surface area contributed by atoms with Crippen LogP contribution in [0.4, 0.5) is 5.69 Å². The molecule has 1 saturated heterocycles. The Labute approximate surface area is 142 Å². The van der Waals surface area contributed by atoms with Crippen molar-refractivity contribution in [3.05, 3.63) is 23.8 Å². The number of carboxylic acid groups (broad SMARTS) is 1. The normalized spacial score (nSPS) is 19.2. The van der Waals surface area contributed by atoms with E-state index >= 15 is 0 Å². The van der Waals surface area contributed by atoms with Gasteiger partial charge in [-0.25, -0.2) is 17.9 Å². The molecule has 0 radical (unpaired) electrons. The first kappa shape index (κ1) is 18.7. The second kappa shape index (κ2) is 7.96. The quantitative estimate of drug-likeness (QED) is 0.658. The van der Waals surface area contributed by atoms with E-state index in [0.29, 0.717) is 25.3 Å². The smallest absolute Gasteiger partial charge is 0.335 e. The van der Waals surface area contributed by atoms with Crippen molar-refractivity contribution in [2.24, 2.45) is 0 Å². The van der Waals surface area contributed by atoms with Gasteiger partial charge >= 0.3 is 5.97 Å². The average molecular weight is 356 g/mol. The van der Waals surface area contributed by atoms with Crippen LogP contribution < -0.4 is 10.0 Å². The lowest BCUT2D eigenvalue weighted by atomic mass is 10.2. The largest absolute Gasteiger partial charge is 0.478 e.